The summed E-state index contributed by atoms with van der Waals surface area (Å²) < 4.78 is 2.72. The molecule has 1 fully saturated rings. The van der Waals surface area contributed by atoms with Crippen LogP contribution in [0.15, 0.2) is 4.58 Å². The second-order valence-electron chi connectivity index (χ2n) is 4.37. The molecule has 1 atom stereocenters. The smallest absolute Gasteiger partial charge is 0.0586 e. The highest BCUT2D eigenvalue weighted by Gasteiger charge is 2.30. The van der Waals surface area contributed by atoms with Crippen molar-refractivity contribution in [1.82, 2.24) is 4.90 Å². The summed E-state index contributed by atoms with van der Waals surface area (Å²) in [5, 5.41) is 9.13. The molecule has 14 heavy (non-hydrogen) atoms. The van der Waals surface area contributed by atoms with Gasteiger partial charge in [-0.15, -0.1) is 4.91 Å². The summed E-state index contributed by atoms with van der Waals surface area (Å²) in [7, 11) is 0. The Labute approximate surface area is 89.2 Å². The van der Waals surface area contributed by atoms with E-state index in [1.54, 1.807) is 0 Å². The average Bonchev–Trinajstić information content (AvgIpc) is 2.50. The van der Waals surface area contributed by atoms with Crippen molar-refractivity contribution in [1.29, 1.82) is 0 Å². The first-order valence-corrected chi connectivity index (χ1v) is 5.72. The third-order valence-corrected chi connectivity index (χ3v) is 3.28. The molecule has 0 unspecified atom stereocenters. The van der Waals surface area contributed by atoms with Gasteiger partial charge in [-0.3, -0.25) is 4.90 Å². The second kappa shape index (κ2) is 5.09. The fraction of sp³-hybridized carbons (Fsp3) is 1.00. The van der Waals surface area contributed by atoms with Crippen LogP contribution < -0.4 is 0 Å². The van der Waals surface area contributed by atoms with Gasteiger partial charge in [0.15, 0.2) is 0 Å². The molecule has 1 rings (SSSR count). The SMILES string of the molecule is CC(C)(CN1CCC[C@H]1CO)SN=O. The minimum absolute atomic E-state index is 0.153. The average molecular weight is 218 g/mol. The van der Waals surface area contributed by atoms with Gasteiger partial charge >= 0.3 is 0 Å². The molecule has 0 aromatic rings. The van der Waals surface area contributed by atoms with Gasteiger partial charge in [-0.1, -0.05) is 0 Å². The molecule has 0 aliphatic carbocycles. The zero-order valence-corrected chi connectivity index (χ0v) is 9.59. The molecule has 0 spiro atoms. The Balaban J connectivity index is 2.45. The maximum Gasteiger partial charge on any atom is 0.0586 e. The summed E-state index contributed by atoms with van der Waals surface area (Å²) in [6.07, 6.45) is 2.20. The van der Waals surface area contributed by atoms with Crippen molar-refractivity contribution in [2.75, 3.05) is 19.7 Å². The van der Waals surface area contributed by atoms with E-state index in [0.717, 1.165) is 37.9 Å². The predicted octanol–water partition coefficient (Wildman–Crippen LogP) is 1.64. The van der Waals surface area contributed by atoms with Gasteiger partial charge in [-0.2, -0.15) is 0 Å². The van der Waals surface area contributed by atoms with Crippen LogP contribution in [0.5, 0.6) is 0 Å². The van der Waals surface area contributed by atoms with Gasteiger partial charge in [0.2, 0.25) is 0 Å². The minimum atomic E-state index is -0.153. The predicted molar refractivity (Wildman–Crippen MR) is 59.1 cm³/mol. The van der Waals surface area contributed by atoms with Crippen LogP contribution in [0.2, 0.25) is 0 Å². The largest absolute Gasteiger partial charge is 0.395 e. The first-order valence-electron chi connectivity index (χ1n) is 4.95. The number of nitroso groups, excluding NO2 is 1. The van der Waals surface area contributed by atoms with E-state index in [1.165, 1.54) is 0 Å². The highest BCUT2D eigenvalue weighted by atomic mass is 32.2. The van der Waals surface area contributed by atoms with Crippen molar-refractivity contribution in [3.05, 3.63) is 4.91 Å². The molecule has 0 amide bonds. The molecule has 1 heterocycles. The molecule has 0 radical (unpaired) electrons. The fourth-order valence-electron chi connectivity index (χ4n) is 1.93. The lowest BCUT2D eigenvalue weighted by Gasteiger charge is -2.30. The van der Waals surface area contributed by atoms with Crippen LogP contribution in [0.4, 0.5) is 0 Å². The van der Waals surface area contributed by atoms with Crippen LogP contribution in [0.1, 0.15) is 26.7 Å². The van der Waals surface area contributed by atoms with E-state index in [1.807, 2.05) is 13.8 Å². The van der Waals surface area contributed by atoms with Crippen LogP contribution in [0, 0.1) is 4.91 Å². The molecule has 4 nitrogen and oxygen atoms in total. The van der Waals surface area contributed by atoms with Crippen molar-refractivity contribution in [2.45, 2.75) is 37.5 Å². The molecule has 0 saturated carbocycles. The molecule has 0 bridgehead atoms. The maximum absolute atomic E-state index is 10.2. The summed E-state index contributed by atoms with van der Waals surface area (Å²) in [5.74, 6) is 0. The minimum Gasteiger partial charge on any atom is -0.395 e. The Morgan fingerprint density at radius 3 is 2.93 bits per heavy atom. The Hall–Kier alpha value is -0.130. The van der Waals surface area contributed by atoms with Gasteiger partial charge in [0.05, 0.1) is 6.61 Å². The quantitative estimate of drug-likeness (QED) is 0.563. The third-order valence-electron chi connectivity index (χ3n) is 2.58. The zero-order valence-electron chi connectivity index (χ0n) is 8.77. The summed E-state index contributed by atoms with van der Waals surface area (Å²) in [6, 6.07) is 0.279. The van der Waals surface area contributed by atoms with E-state index in [0.29, 0.717) is 0 Å². The van der Waals surface area contributed by atoms with E-state index < -0.39 is 0 Å². The van der Waals surface area contributed by atoms with Crippen molar-refractivity contribution in [3.63, 3.8) is 0 Å². The van der Waals surface area contributed by atoms with E-state index in [2.05, 4.69) is 9.48 Å². The van der Waals surface area contributed by atoms with Gasteiger partial charge in [0.1, 0.15) is 0 Å². The van der Waals surface area contributed by atoms with E-state index in [9.17, 15) is 4.91 Å². The Kier molecular flexibility index (Phi) is 4.34. The monoisotopic (exact) mass is 218 g/mol. The molecule has 1 aliphatic rings. The molecule has 1 aliphatic heterocycles. The van der Waals surface area contributed by atoms with Crippen molar-refractivity contribution in [2.24, 2.45) is 4.58 Å². The second-order valence-corrected chi connectivity index (χ2v) is 5.81. The summed E-state index contributed by atoms with van der Waals surface area (Å²) in [5.41, 5.74) is 0. The number of hydrogen-bond donors (Lipinski definition) is 1. The van der Waals surface area contributed by atoms with Gasteiger partial charge in [-0.05, 0) is 33.2 Å². The molecule has 82 valence electrons. The Bertz CT molecular complexity index is 199. The number of rotatable bonds is 5. The van der Waals surface area contributed by atoms with Crippen molar-refractivity contribution >= 4 is 11.9 Å². The van der Waals surface area contributed by atoms with Crippen LogP contribution in [0.25, 0.3) is 0 Å². The van der Waals surface area contributed by atoms with Crippen LogP contribution in [0.3, 0.4) is 0 Å². The normalized spacial score (nSPS) is 24.1. The van der Waals surface area contributed by atoms with Crippen LogP contribution >= 0.6 is 11.9 Å². The summed E-state index contributed by atoms with van der Waals surface area (Å²) in [4.78, 5) is 12.4. The van der Waals surface area contributed by atoms with Gasteiger partial charge in [0.25, 0.3) is 0 Å². The molecule has 5 heteroatoms. The first-order chi connectivity index (χ1) is 6.59. The van der Waals surface area contributed by atoms with E-state index >= 15 is 0 Å². The van der Waals surface area contributed by atoms with Crippen LogP contribution in [-0.4, -0.2) is 40.5 Å². The summed E-state index contributed by atoms with van der Waals surface area (Å²) in [6.45, 7) is 6.07. The number of likely N-dealkylation sites (tertiary alicyclic amines) is 1. The van der Waals surface area contributed by atoms with Gasteiger partial charge in [-0.25, -0.2) is 0 Å². The lowest BCUT2D eigenvalue weighted by atomic mass is 10.1. The Morgan fingerprint density at radius 2 is 2.36 bits per heavy atom. The van der Waals surface area contributed by atoms with Crippen LogP contribution in [-0.2, 0) is 0 Å². The topological polar surface area (TPSA) is 52.9 Å². The molecule has 1 saturated heterocycles. The van der Waals surface area contributed by atoms with Crippen molar-refractivity contribution < 1.29 is 5.11 Å². The highest BCUT2D eigenvalue weighted by molar-refractivity contribution is 7.99. The van der Waals surface area contributed by atoms with Gasteiger partial charge in [0, 0.05) is 33.9 Å². The lowest BCUT2D eigenvalue weighted by molar-refractivity contribution is 0.152. The molecule has 0 aromatic carbocycles. The van der Waals surface area contributed by atoms with Crippen molar-refractivity contribution in [3.8, 4) is 0 Å². The molecular weight excluding hydrogens is 200 g/mol. The Morgan fingerprint density at radius 1 is 1.64 bits per heavy atom. The number of aliphatic hydroxyl groups is 1. The zero-order chi connectivity index (χ0) is 10.6. The number of nitrogens with zero attached hydrogens (tertiary/aromatic N) is 2. The van der Waals surface area contributed by atoms with E-state index in [4.69, 9.17) is 5.11 Å². The van der Waals surface area contributed by atoms with E-state index in [-0.39, 0.29) is 17.4 Å². The third kappa shape index (κ3) is 3.22. The summed E-state index contributed by atoms with van der Waals surface area (Å²) >= 11 is 1.08. The highest BCUT2D eigenvalue weighted by Crippen LogP contribution is 2.29. The lowest BCUT2D eigenvalue weighted by Crippen LogP contribution is -2.40. The molecule has 0 aromatic heterocycles. The van der Waals surface area contributed by atoms with Gasteiger partial charge < -0.3 is 5.11 Å². The fourth-order valence-corrected chi connectivity index (χ4v) is 2.35. The first kappa shape index (κ1) is 11.9. The standard InChI is InChI=1S/C9H18N2O2S/c1-9(2,14-10-13)7-11-5-3-4-8(11)6-12/h8,12H,3-7H2,1-2H3/t8-/m0/s1. The molecule has 1 N–H and O–H groups in total. The molecular formula is C9H18N2O2S. The number of aliphatic hydroxyl groups excluding tert-OH is 1. The maximum atomic E-state index is 10.2. The number of hydrogen-bond acceptors (Lipinski definition) is 5.